The zero-order chi connectivity index (χ0) is 6.69. The maximum absolute atomic E-state index is 8.50. The SMILES string of the molecule is CC1=C(C#N)C=CCC1. The highest BCUT2D eigenvalue weighted by atomic mass is 14.2. The molecule has 1 nitrogen and oxygen atoms in total. The van der Waals surface area contributed by atoms with E-state index < -0.39 is 0 Å². The van der Waals surface area contributed by atoms with Crippen molar-refractivity contribution in [1.82, 2.24) is 0 Å². The topological polar surface area (TPSA) is 23.8 Å². The number of hydrogen-bond donors (Lipinski definition) is 0. The van der Waals surface area contributed by atoms with E-state index in [-0.39, 0.29) is 0 Å². The molecule has 9 heavy (non-hydrogen) atoms. The Bertz CT molecular complexity index is 203. The number of rotatable bonds is 0. The largest absolute Gasteiger partial charge is 0.192 e. The lowest BCUT2D eigenvalue weighted by molar-refractivity contribution is 0.950. The number of nitrogens with zero attached hydrogens (tertiary/aromatic N) is 1. The minimum absolute atomic E-state index is 0.848. The van der Waals surface area contributed by atoms with Crippen LogP contribution in [0.3, 0.4) is 0 Å². The first kappa shape index (κ1) is 6.10. The van der Waals surface area contributed by atoms with Crippen LogP contribution in [0, 0.1) is 11.3 Å². The Balaban J connectivity index is 2.88. The van der Waals surface area contributed by atoms with Gasteiger partial charge in [-0.2, -0.15) is 5.26 Å². The Kier molecular flexibility index (Phi) is 1.69. The predicted octanol–water partition coefficient (Wildman–Crippen LogP) is 2.18. The lowest BCUT2D eigenvalue weighted by Crippen LogP contribution is -1.87. The quantitative estimate of drug-likeness (QED) is 0.479. The van der Waals surface area contributed by atoms with Crippen molar-refractivity contribution in [3.63, 3.8) is 0 Å². The molecule has 46 valence electrons. The minimum atomic E-state index is 0.848. The third-order valence-electron chi connectivity index (χ3n) is 1.55. The van der Waals surface area contributed by atoms with Gasteiger partial charge >= 0.3 is 0 Å². The van der Waals surface area contributed by atoms with Gasteiger partial charge in [-0.05, 0) is 25.8 Å². The fourth-order valence-corrected chi connectivity index (χ4v) is 0.911. The van der Waals surface area contributed by atoms with Gasteiger partial charge in [0, 0.05) is 0 Å². The molecule has 0 aromatic heterocycles. The van der Waals surface area contributed by atoms with Gasteiger partial charge in [-0.3, -0.25) is 0 Å². The van der Waals surface area contributed by atoms with E-state index in [9.17, 15) is 0 Å². The first-order chi connectivity index (χ1) is 4.34. The molecule has 0 bridgehead atoms. The molecule has 0 saturated carbocycles. The molecule has 0 saturated heterocycles. The van der Waals surface area contributed by atoms with Gasteiger partial charge < -0.3 is 0 Å². The molecule has 1 rings (SSSR count). The summed E-state index contributed by atoms with van der Waals surface area (Å²) >= 11 is 0. The van der Waals surface area contributed by atoms with Gasteiger partial charge in [0.15, 0.2) is 0 Å². The Labute approximate surface area is 55.3 Å². The van der Waals surface area contributed by atoms with Crippen LogP contribution in [-0.2, 0) is 0 Å². The van der Waals surface area contributed by atoms with Crippen LogP contribution in [0.15, 0.2) is 23.3 Å². The Hall–Kier alpha value is -1.03. The van der Waals surface area contributed by atoms with E-state index in [1.54, 1.807) is 0 Å². The van der Waals surface area contributed by atoms with Gasteiger partial charge in [-0.25, -0.2) is 0 Å². The van der Waals surface area contributed by atoms with E-state index in [1.807, 2.05) is 19.1 Å². The van der Waals surface area contributed by atoms with E-state index in [1.165, 1.54) is 5.57 Å². The lowest BCUT2D eigenvalue weighted by Gasteiger charge is -2.03. The molecule has 0 amide bonds. The highest BCUT2D eigenvalue weighted by molar-refractivity contribution is 5.39. The van der Waals surface area contributed by atoms with Crippen molar-refractivity contribution in [2.45, 2.75) is 19.8 Å². The van der Waals surface area contributed by atoms with Crippen molar-refractivity contribution < 1.29 is 0 Å². The smallest absolute Gasteiger partial charge is 0.0990 e. The Morgan fingerprint density at radius 2 is 2.44 bits per heavy atom. The fraction of sp³-hybridized carbons (Fsp3) is 0.375. The van der Waals surface area contributed by atoms with Crippen molar-refractivity contribution >= 4 is 0 Å². The number of nitriles is 1. The van der Waals surface area contributed by atoms with Crippen molar-refractivity contribution in [3.8, 4) is 6.07 Å². The average Bonchev–Trinajstić information content (AvgIpc) is 1.89. The summed E-state index contributed by atoms with van der Waals surface area (Å²) in [5, 5.41) is 8.50. The second-order valence-corrected chi connectivity index (χ2v) is 2.25. The lowest BCUT2D eigenvalue weighted by atomic mass is 10.0. The second-order valence-electron chi connectivity index (χ2n) is 2.25. The van der Waals surface area contributed by atoms with Gasteiger partial charge in [0.05, 0.1) is 11.6 Å². The van der Waals surface area contributed by atoms with Gasteiger partial charge in [0.1, 0.15) is 0 Å². The first-order valence-corrected chi connectivity index (χ1v) is 3.11. The molecule has 0 spiro atoms. The Morgan fingerprint density at radius 3 is 2.89 bits per heavy atom. The summed E-state index contributed by atoms with van der Waals surface area (Å²) < 4.78 is 0. The molecule has 0 unspecified atom stereocenters. The fourth-order valence-electron chi connectivity index (χ4n) is 0.911. The van der Waals surface area contributed by atoms with E-state index in [2.05, 4.69) is 6.07 Å². The van der Waals surface area contributed by atoms with Crippen molar-refractivity contribution in [2.24, 2.45) is 0 Å². The van der Waals surface area contributed by atoms with Crippen molar-refractivity contribution in [2.75, 3.05) is 0 Å². The first-order valence-electron chi connectivity index (χ1n) is 3.11. The van der Waals surface area contributed by atoms with Crippen LogP contribution in [0.2, 0.25) is 0 Å². The third kappa shape index (κ3) is 1.20. The molecule has 1 heteroatoms. The molecule has 0 atom stereocenters. The van der Waals surface area contributed by atoms with Gasteiger partial charge in [-0.15, -0.1) is 0 Å². The summed E-state index contributed by atoms with van der Waals surface area (Å²) in [5.74, 6) is 0. The third-order valence-corrected chi connectivity index (χ3v) is 1.55. The summed E-state index contributed by atoms with van der Waals surface area (Å²) in [4.78, 5) is 0. The number of hydrogen-bond acceptors (Lipinski definition) is 1. The molecule has 0 fully saturated rings. The van der Waals surface area contributed by atoms with Gasteiger partial charge in [0.2, 0.25) is 0 Å². The average molecular weight is 119 g/mol. The highest BCUT2D eigenvalue weighted by Gasteiger charge is 2.00. The summed E-state index contributed by atoms with van der Waals surface area (Å²) in [6, 6.07) is 2.15. The van der Waals surface area contributed by atoms with Crippen LogP contribution in [0.5, 0.6) is 0 Å². The van der Waals surface area contributed by atoms with Crippen LogP contribution < -0.4 is 0 Å². The molecule has 0 heterocycles. The molecule has 0 radical (unpaired) electrons. The number of allylic oxidation sites excluding steroid dienone is 4. The molecule has 0 N–H and O–H groups in total. The van der Waals surface area contributed by atoms with Crippen molar-refractivity contribution in [3.05, 3.63) is 23.3 Å². The van der Waals surface area contributed by atoms with Gasteiger partial charge in [0.25, 0.3) is 0 Å². The zero-order valence-electron chi connectivity index (χ0n) is 5.52. The summed E-state index contributed by atoms with van der Waals surface area (Å²) in [6.07, 6.45) is 6.10. The zero-order valence-corrected chi connectivity index (χ0v) is 5.52. The maximum atomic E-state index is 8.50. The van der Waals surface area contributed by atoms with Crippen LogP contribution in [0.4, 0.5) is 0 Å². The monoisotopic (exact) mass is 119 g/mol. The summed E-state index contributed by atoms with van der Waals surface area (Å²) in [6.45, 7) is 2.02. The summed E-state index contributed by atoms with van der Waals surface area (Å²) in [5.41, 5.74) is 2.07. The summed E-state index contributed by atoms with van der Waals surface area (Å²) in [7, 11) is 0. The normalized spacial score (nSPS) is 17.8. The van der Waals surface area contributed by atoms with Crippen LogP contribution in [-0.4, -0.2) is 0 Å². The highest BCUT2D eigenvalue weighted by Crippen LogP contribution is 2.16. The van der Waals surface area contributed by atoms with E-state index in [0.717, 1.165) is 18.4 Å². The molecule has 0 aromatic rings. The predicted molar refractivity (Wildman–Crippen MR) is 36.7 cm³/mol. The molecule has 0 aromatic carbocycles. The van der Waals surface area contributed by atoms with Gasteiger partial charge in [-0.1, -0.05) is 11.6 Å². The molecule has 1 aliphatic carbocycles. The van der Waals surface area contributed by atoms with Crippen LogP contribution >= 0.6 is 0 Å². The van der Waals surface area contributed by atoms with E-state index >= 15 is 0 Å². The molecular weight excluding hydrogens is 110 g/mol. The minimum Gasteiger partial charge on any atom is -0.192 e. The van der Waals surface area contributed by atoms with E-state index in [0.29, 0.717) is 0 Å². The molecule has 0 aliphatic heterocycles. The van der Waals surface area contributed by atoms with Crippen molar-refractivity contribution in [1.29, 1.82) is 5.26 Å². The van der Waals surface area contributed by atoms with Crippen LogP contribution in [0.25, 0.3) is 0 Å². The molecule has 1 aliphatic rings. The maximum Gasteiger partial charge on any atom is 0.0990 e. The standard InChI is InChI=1S/C8H9N/c1-7-4-2-3-5-8(7)6-9/h3,5H,2,4H2,1H3. The van der Waals surface area contributed by atoms with E-state index in [4.69, 9.17) is 5.26 Å². The molecular formula is C8H9N. The van der Waals surface area contributed by atoms with Crippen LogP contribution in [0.1, 0.15) is 19.8 Å². The Morgan fingerprint density at radius 1 is 1.67 bits per heavy atom. The second kappa shape index (κ2) is 2.50.